The fraction of sp³-hybridized carbons (Fsp3) is 0.154. The number of benzene rings is 3. The molecule has 0 amide bonds. The van der Waals surface area contributed by atoms with Gasteiger partial charge in [0.25, 0.3) is 0 Å². The van der Waals surface area contributed by atoms with Crippen LogP contribution in [0.1, 0.15) is 31.8 Å². The van der Waals surface area contributed by atoms with Crippen LogP contribution in [-0.2, 0) is 0 Å². The van der Waals surface area contributed by atoms with Crippen molar-refractivity contribution in [2.45, 2.75) is 0 Å². The molecule has 0 fully saturated rings. The molecule has 0 saturated carbocycles. The van der Waals surface area contributed by atoms with Gasteiger partial charge in [0.05, 0.1) is 28.4 Å². The largest absolute Gasteiger partial charge is 0.497 e. The molecule has 3 aromatic rings. The molecule has 162 valence electrons. The van der Waals surface area contributed by atoms with Crippen molar-refractivity contribution >= 4 is 11.6 Å². The second-order valence-corrected chi connectivity index (χ2v) is 6.69. The lowest BCUT2D eigenvalue weighted by atomic mass is 9.99. The summed E-state index contributed by atoms with van der Waals surface area (Å²) in [5, 5.41) is 0. The standard InChI is InChI=1S/C26H22O6/c1-29-21-9-7-17(8-10-21)5-6-18-11-19(13-22(12-18)30-2)25(27)26(28)20-14-23(31-3)16-24(15-20)32-4/h7-16H,1-4H3. The third-order valence-electron chi connectivity index (χ3n) is 4.67. The lowest BCUT2D eigenvalue weighted by Gasteiger charge is -2.08. The Labute approximate surface area is 186 Å². The molecular formula is C26H22O6. The molecular weight excluding hydrogens is 408 g/mol. The highest BCUT2D eigenvalue weighted by molar-refractivity contribution is 6.49. The summed E-state index contributed by atoms with van der Waals surface area (Å²) in [7, 11) is 6.03. The number of hydrogen-bond acceptors (Lipinski definition) is 6. The van der Waals surface area contributed by atoms with Crippen LogP contribution in [0.5, 0.6) is 23.0 Å². The molecule has 0 unspecified atom stereocenters. The van der Waals surface area contributed by atoms with Gasteiger partial charge in [-0.2, -0.15) is 0 Å². The monoisotopic (exact) mass is 430 g/mol. The molecule has 0 saturated heterocycles. The Balaban J connectivity index is 1.93. The van der Waals surface area contributed by atoms with Crippen LogP contribution in [-0.4, -0.2) is 40.0 Å². The summed E-state index contributed by atoms with van der Waals surface area (Å²) in [6, 6.07) is 16.7. The highest BCUT2D eigenvalue weighted by Crippen LogP contribution is 2.25. The summed E-state index contributed by atoms with van der Waals surface area (Å²) in [6.07, 6.45) is 0. The smallest absolute Gasteiger partial charge is 0.233 e. The Bertz CT molecular complexity index is 1180. The molecule has 0 spiro atoms. The van der Waals surface area contributed by atoms with Gasteiger partial charge >= 0.3 is 0 Å². The average molecular weight is 430 g/mol. The fourth-order valence-corrected chi connectivity index (χ4v) is 2.94. The van der Waals surface area contributed by atoms with Gasteiger partial charge in [0.1, 0.15) is 23.0 Å². The fourth-order valence-electron chi connectivity index (χ4n) is 2.94. The van der Waals surface area contributed by atoms with Crippen LogP contribution in [0, 0.1) is 11.8 Å². The van der Waals surface area contributed by atoms with Gasteiger partial charge in [0, 0.05) is 28.3 Å². The molecule has 0 radical (unpaired) electrons. The van der Waals surface area contributed by atoms with Crippen LogP contribution < -0.4 is 18.9 Å². The van der Waals surface area contributed by atoms with Crippen molar-refractivity contribution in [1.82, 2.24) is 0 Å². The van der Waals surface area contributed by atoms with E-state index in [9.17, 15) is 9.59 Å². The summed E-state index contributed by atoms with van der Waals surface area (Å²) in [4.78, 5) is 25.8. The van der Waals surface area contributed by atoms with Gasteiger partial charge in [0.15, 0.2) is 0 Å². The predicted molar refractivity (Wildman–Crippen MR) is 120 cm³/mol. The average Bonchev–Trinajstić information content (AvgIpc) is 2.86. The second kappa shape index (κ2) is 10.2. The minimum atomic E-state index is -0.690. The van der Waals surface area contributed by atoms with Crippen molar-refractivity contribution < 1.29 is 28.5 Å². The minimum absolute atomic E-state index is 0.167. The zero-order valence-electron chi connectivity index (χ0n) is 18.2. The topological polar surface area (TPSA) is 71.1 Å². The summed E-state index contributed by atoms with van der Waals surface area (Å²) in [5.74, 6) is 6.65. The molecule has 0 bridgehead atoms. The summed E-state index contributed by atoms with van der Waals surface area (Å²) in [6.45, 7) is 0. The van der Waals surface area contributed by atoms with E-state index in [0.29, 0.717) is 22.8 Å². The number of hydrogen-bond donors (Lipinski definition) is 0. The number of ketones is 2. The highest BCUT2D eigenvalue weighted by atomic mass is 16.5. The first-order valence-electron chi connectivity index (χ1n) is 9.64. The van der Waals surface area contributed by atoms with E-state index >= 15 is 0 Å². The molecule has 3 rings (SSSR count). The van der Waals surface area contributed by atoms with Crippen LogP contribution in [0.25, 0.3) is 0 Å². The van der Waals surface area contributed by atoms with Gasteiger partial charge in [-0.05, 0) is 54.6 Å². The van der Waals surface area contributed by atoms with Gasteiger partial charge in [-0.3, -0.25) is 9.59 Å². The van der Waals surface area contributed by atoms with E-state index < -0.39 is 11.6 Å². The number of Topliss-reactive ketones (excluding diaryl/α,β-unsaturated/α-hetero) is 2. The maximum absolute atomic E-state index is 13.0. The summed E-state index contributed by atoms with van der Waals surface area (Å²) in [5.41, 5.74) is 1.66. The maximum atomic E-state index is 13.0. The van der Waals surface area contributed by atoms with E-state index in [1.54, 1.807) is 25.3 Å². The number of methoxy groups -OCH3 is 4. The molecule has 6 nitrogen and oxygen atoms in total. The molecule has 0 N–H and O–H groups in total. The molecule has 6 heteroatoms. The molecule has 0 atom stereocenters. The molecule has 0 aliphatic rings. The third-order valence-corrected chi connectivity index (χ3v) is 4.67. The van der Waals surface area contributed by atoms with Gasteiger partial charge < -0.3 is 18.9 Å². The first kappa shape index (κ1) is 22.4. The van der Waals surface area contributed by atoms with Gasteiger partial charge in [-0.1, -0.05) is 11.8 Å². The van der Waals surface area contributed by atoms with E-state index in [0.717, 1.165) is 11.3 Å². The van der Waals surface area contributed by atoms with Crippen LogP contribution in [0.4, 0.5) is 0 Å². The Morgan fingerprint density at radius 1 is 0.531 bits per heavy atom. The van der Waals surface area contributed by atoms with E-state index in [1.807, 2.05) is 24.3 Å². The first-order chi connectivity index (χ1) is 15.5. The molecule has 0 aliphatic carbocycles. The van der Waals surface area contributed by atoms with E-state index in [4.69, 9.17) is 18.9 Å². The van der Waals surface area contributed by atoms with Crippen LogP contribution in [0.15, 0.2) is 60.7 Å². The van der Waals surface area contributed by atoms with Crippen molar-refractivity contribution in [1.29, 1.82) is 0 Å². The van der Waals surface area contributed by atoms with Crippen molar-refractivity contribution in [3.05, 3.63) is 82.9 Å². The molecule has 3 aromatic carbocycles. The van der Waals surface area contributed by atoms with Crippen molar-refractivity contribution in [2.75, 3.05) is 28.4 Å². The lowest BCUT2D eigenvalue weighted by molar-refractivity contribution is 0.0816. The highest BCUT2D eigenvalue weighted by Gasteiger charge is 2.21. The third kappa shape index (κ3) is 5.27. The Morgan fingerprint density at radius 2 is 0.969 bits per heavy atom. The van der Waals surface area contributed by atoms with Crippen LogP contribution in [0.2, 0.25) is 0 Å². The first-order valence-corrected chi connectivity index (χ1v) is 9.64. The van der Waals surface area contributed by atoms with Gasteiger partial charge in [0.2, 0.25) is 11.6 Å². The van der Waals surface area contributed by atoms with Crippen molar-refractivity contribution in [3.8, 4) is 34.8 Å². The molecule has 32 heavy (non-hydrogen) atoms. The van der Waals surface area contributed by atoms with Crippen molar-refractivity contribution in [2.24, 2.45) is 0 Å². The Kier molecular flexibility index (Phi) is 7.14. The van der Waals surface area contributed by atoms with Crippen LogP contribution >= 0.6 is 0 Å². The SMILES string of the molecule is COc1ccc(C#Cc2cc(OC)cc(C(=O)C(=O)c3cc(OC)cc(OC)c3)c2)cc1. The number of carbonyl (C=O) groups is 2. The number of carbonyl (C=O) groups excluding carboxylic acids is 2. The zero-order chi connectivity index (χ0) is 23.1. The quantitative estimate of drug-likeness (QED) is 0.318. The second-order valence-electron chi connectivity index (χ2n) is 6.69. The van der Waals surface area contributed by atoms with E-state index in [1.165, 1.54) is 39.5 Å². The summed E-state index contributed by atoms with van der Waals surface area (Å²) < 4.78 is 20.8. The molecule has 0 heterocycles. The predicted octanol–water partition coefficient (Wildman–Crippen LogP) is 4.19. The number of rotatable bonds is 7. The zero-order valence-corrected chi connectivity index (χ0v) is 18.2. The Morgan fingerprint density at radius 3 is 1.47 bits per heavy atom. The minimum Gasteiger partial charge on any atom is -0.497 e. The molecule has 0 aromatic heterocycles. The van der Waals surface area contributed by atoms with Crippen molar-refractivity contribution in [3.63, 3.8) is 0 Å². The van der Waals surface area contributed by atoms with E-state index in [2.05, 4.69) is 11.8 Å². The Hall–Kier alpha value is -4.24. The van der Waals surface area contributed by atoms with E-state index in [-0.39, 0.29) is 11.1 Å². The summed E-state index contributed by atoms with van der Waals surface area (Å²) >= 11 is 0. The van der Waals surface area contributed by atoms with Gasteiger partial charge in [-0.25, -0.2) is 0 Å². The normalized spacial score (nSPS) is 9.88. The molecule has 0 aliphatic heterocycles. The van der Waals surface area contributed by atoms with Crippen LogP contribution in [0.3, 0.4) is 0 Å². The van der Waals surface area contributed by atoms with Gasteiger partial charge in [-0.15, -0.1) is 0 Å². The lowest BCUT2D eigenvalue weighted by Crippen LogP contribution is -2.15. The number of ether oxygens (including phenoxy) is 4. The maximum Gasteiger partial charge on any atom is 0.233 e.